The molecule has 0 atom stereocenters. The summed E-state index contributed by atoms with van der Waals surface area (Å²) < 4.78 is 13.0. The molecule has 1 heterocycles. The lowest BCUT2D eigenvalue weighted by molar-refractivity contribution is 0.628. The van der Waals surface area contributed by atoms with Crippen LogP contribution in [0.5, 0.6) is 0 Å². The highest BCUT2D eigenvalue weighted by atomic mass is 19.1. The van der Waals surface area contributed by atoms with Gasteiger partial charge in [0.25, 0.3) is 0 Å². The third-order valence-electron chi connectivity index (χ3n) is 2.19. The number of rotatable bonds is 2. The zero-order valence-corrected chi connectivity index (χ0v) is 7.63. The highest BCUT2D eigenvalue weighted by Crippen LogP contribution is 2.23. The van der Waals surface area contributed by atoms with E-state index in [9.17, 15) is 4.39 Å². The van der Waals surface area contributed by atoms with Crippen molar-refractivity contribution in [3.63, 3.8) is 0 Å². The van der Waals surface area contributed by atoms with Gasteiger partial charge in [0, 0.05) is 24.5 Å². The van der Waals surface area contributed by atoms with Gasteiger partial charge in [-0.2, -0.15) is 0 Å². The van der Waals surface area contributed by atoms with Gasteiger partial charge in [-0.3, -0.25) is 0 Å². The molecule has 0 aliphatic heterocycles. The van der Waals surface area contributed by atoms with E-state index in [4.69, 9.17) is 5.73 Å². The van der Waals surface area contributed by atoms with E-state index in [1.54, 1.807) is 6.07 Å². The van der Waals surface area contributed by atoms with Crippen LogP contribution in [0, 0.1) is 5.82 Å². The molecular formula is C11H11FN2. The van der Waals surface area contributed by atoms with Crippen LogP contribution in [0.4, 0.5) is 4.39 Å². The maximum absolute atomic E-state index is 13.0. The topological polar surface area (TPSA) is 41.8 Å². The number of nitrogens with two attached hydrogens (primary N) is 1. The molecular weight excluding hydrogens is 179 g/mol. The Balaban J connectivity index is 2.49. The van der Waals surface area contributed by atoms with Crippen LogP contribution in [-0.4, -0.2) is 4.98 Å². The molecule has 0 saturated heterocycles. The molecule has 0 aliphatic rings. The van der Waals surface area contributed by atoms with Crippen LogP contribution in [0.2, 0.25) is 0 Å². The van der Waals surface area contributed by atoms with Crippen LogP contribution in [0.15, 0.2) is 36.7 Å². The zero-order valence-electron chi connectivity index (χ0n) is 7.63. The summed E-state index contributed by atoms with van der Waals surface area (Å²) in [5.74, 6) is -0.230. The molecule has 0 fully saturated rings. The molecule has 1 aromatic carbocycles. The second-order valence-corrected chi connectivity index (χ2v) is 3.11. The summed E-state index contributed by atoms with van der Waals surface area (Å²) in [6.07, 6.45) is 3.66. The van der Waals surface area contributed by atoms with Crippen molar-refractivity contribution in [2.75, 3.05) is 0 Å². The second-order valence-electron chi connectivity index (χ2n) is 3.11. The molecule has 0 radical (unpaired) electrons. The van der Waals surface area contributed by atoms with Crippen LogP contribution in [-0.2, 0) is 6.54 Å². The van der Waals surface area contributed by atoms with Gasteiger partial charge in [-0.25, -0.2) is 4.39 Å². The van der Waals surface area contributed by atoms with Crippen molar-refractivity contribution in [1.82, 2.24) is 4.98 Å². The van der Waals surface area contributed by atoms with Gasteiger partial charge in [-0.15, -0.1) is 0 Å². The van der Waals surface area contributed by atoms with Gasteiger partial charge in [0.2, 0.25) is 0 Å². The van der Waals surface area contributed by atoms with E-state index in [2.05, 4.69) is 4.98 Å². The Morgan fingerprint density at radius 3 is 2.86 bits per heavy atom. The minimum Gasteiger partial charge on any atom is -0.367 e. The Kier molecular flexibility index (Phi) is 2.33. The van der Waals surface area contributed by atoms with E-state index in [1.807, 2.05) is 18.5 Å². The Morgan fingerprint density at radius 1 is 1.29 bits per heavy atom. The molecule has 0 aliphatic carbocycles. The minimum absolute atomic E-state index is 0.230. The SMILES string of the molecule is NCc1c[nH]cc1-c1cccc(F)c1. The summed E-state index contributed by atoms with van der Waals surface area (Å²) in [6.45, 7) is 0.454. The molecule has 0 saturated carbocycles. The summed E-state index contributed by atoms with van der Waals surface area (Å²) in [6, 6.07) is 6.49. The average Bonchev–Trinajstić information content (AvgIpc) is 2.65. The van der Waals surface area contributed by atoms with Gasteiger partial charge in [0.05, 0.1) is 0 Å². The summed E-state index contributed by atoms with van der Waals surface area (Å²) in [7, 11) is 0. The highest BCUT2D eigenvalue weighted by Gasteiger charge is 2.04. The summed E-state index contributed by atoms with van der Waals surface area (Å²) in [5.41, 5.74) is 8.37. The van der Waals surface area contributed by atoms with E-state index in [-0.39, 0.29) is 5.82 Å². The first-order valence-corrected chi connectivity index (χ1v) is 4.43. The smallest absolute Gasteiger partial charge is 0.123 e. The molecule has 0 spiro atoms. The Hall–Kier alpha value is -1.61. The maximum atomic E-state index is 13.0. The number of H-pyrrole nitrogens is 1. The Morgan fingerprint density at radius 2 is 2.14 bits per heavy atom. The summed E-state index contributed by atoms with van der Waals surface area (Å²) in [5, 5.41) is 0. The van der Waals surface area contributed by atoms with Crippen molar-refractivity contribution in [3.8, 4) is 11.1 Å². The van der Waals surface area contributed by atoms with E-state index >= 15 is 0 Å². The van der Waals surface area contributed by atoms with Crippen molar-refractivity contribution in [2.24, 2.45) is 5.73 Å². The standard InChI is InChI=1S/C11H11FN2/c12-10-3-1-2-8(4-10)11-7-14-6-9(11)5-13/h1-4,6-7,14H,5,13H2. The Labute approximate surface area is 81.6 Å². The van der Waals surface area contributed by atoms with E-state index in [0.29, 0.717) is 6.54 Å². The lowest BCUT2D eigenvalue weighted by atomic mass is 10.0. The minimum atomic E-state index is -0.230. The normalized spacial score (nSPS) is 10.4. The predicted octanol–water partition coefficient (Wildman–Crippen LogP) is 2.28. The molecule has 1 aromatic heterocycles. The largest absolute Gasteiger partial charge is 0.367 e. The van der Waals surface area contributed by atoms with Crippen molar-refractivity contribution in [3.05, 3.63) is 48.0 Å². The number of hydrogen-bond donors (Lipinski definition) is 2. The average molecular weight is 190 g/mol. The fraction of sp³-hybridized carbons (Fsp3) is 0.0909. The number of aromatic amines is 1. The molecule has 2 aromatic rings. The Bertz CT molecular complexity index is 434. The van der Waals surface area contributed by atoms with Gasteiger partial charge in [-0.05, 0) is 23.3 Å². The highest BCUT2D eigenvalue weighted by molar-refractivity contribution is 5.66. The van der Waals surface area contributed by atoms with Crippen LogP contribution in [0.3, 0.4) is 0 Å². The molecule has 0 unspecified atom stereocenters. The van der Waals surface area contributed by atoms with Crippen LogP contribution in [0.1, 0.15) is 5.56 Å². The third kappa shape index (κ3) is 1.54. The van der Waals surface area contributed by atoms with E-state index in [0.717, 1.165) is 16.7 Å². The number of halogens is 1. The lowest BCUT2D eigenvalue weighted by Gasteiger charge is -2.01. The van der Waals surface area contributed by atoms with Crippen molar-refractivity contribution >= 4 is 0 Å². The van der Waals surface area contributed by atoms with Gasteiger partial charge < -0.3 is 10.7 Å². The molecule has 72 valence electrons. The predicted molar refractivity (Wildman–Crippen MR) is 54.1 cm³/mol. The lowest BCUT2D eigenvalue weighted by Crippen LogP contribution is -1.95. The number of nitrogens with one attached hydrogen (secondary N) is 1. The van der Waals surface area contributed by atoms with Gasteiger partial charge in [0.15, 0.2) is 0 Å². The van der Waals surface area contributed by atoms with Crippen LogP contribution in [0.25, 0.3) is 11.1 Å². The zero-order chi connectivity index (χ0) is 9.97. The molecule has 2 rings (SSSR count). The second kappa shape index (κ2) is 3.64. The van der Waals surface area contributed by atoms with Crippen molar-refractivity contribution in [2.45, 2.75) is 6.54 Å². The molecule has 3 N–H and O–H groups in total. The quantitative estimate of drug-likeness (QED) is 0.749. The summed E-state index contributed by atoms with van der Waals surface area (Å²) >= 11 is 0. The van der Waals surface area contributed by atoms with Crippen molar-refractivity contribution < 1.29 is 4.39 Å². The maximum Gasteiger partial charge on any atom is 0.123 e. The van der Waals surface area contributed by atoms with Gasteiger partial charge in [0.1, 0.15) is 5.82 Å². The molecule has 2 nitrogen and oxygen atoms in total. The van der Waals surface area contributed by atoms with Crippen LogP contribution < -0.4 is 5.73 Å². The number of aromatic nitrogens is 1. The monoisotopic (exact) mass is 190 g/mol. The van der Waals surface area contributed by atoms with E-state index in [1.165, 1.54) is 12.1 Å². The van der Waals surface area contributed by atoms with E-state index < -0.39 is 0 Å². The first kappa shape index (κ1) is 8.97. The number of benzene rings is 1. The molecule has 14 heavy (non-hydrogen) atoms. The molecule has 0 amide bonds. The first-order chi connectivity index (χ1) is 6.81. The molecule has 0 bridgehead atoms. The fourth-order valence-corrected chi connectivity index (χ4v) is 1.49. The van der Waals surface area contributed by atoms with Crippen LogP contribution >= 0.6 is 0 Å². The molecule has 3 heteroatoms. The summed E-state index contributed by atoms with van der Waals surface area (Å²) in [4.78, 5) is 2.96. The first-order valence-electron chi connectivity index (χ1n) is 4.43. The van der Waals surface area contributed by atoms with Crippen molar-refractivity contribution in [1.29, 1.82) is 0 Å². The fourth-order valence-electron chi connectivity index (χ4n) is 1.49. The number of hydrogen-bond acceptors (Lipinski definition) is 1. The third-order valence-corrected chi connectivity index (χ3v) is 2.19. The van der Waals surface area contributed by atoms with Gasteiger partial charge in [-0.1, -0.05) is 12.1 Å². The van der Waals surface area contributed by atoms with Gasteiger partial charge >= 0.3 is 0 Å².